The van der Waals surface area contributed by atoms with Gasteiger partial charge in [0.15, 0.2) is 5.78 Å². The topological polar surface area (TPSA) is 17.1 Å². The van der Waals surface area contributed by atoms with E-state index in [0.717, 1.165) is 22.3 Å². The Hall–Kier alpha value is -2.67. The van der Waals surface area contributed by atoms with Gasteiger partial charge in [-0.2, -0.15) is 0 Å². The largest absolute Gasteiger partial charge is 0.297 e. The minimum atomic E-state index is -0.696. The number of benzene rings is 3. The van der Waals surface area contributed by atoms with E-state index in [9.17, 15) is 4.79 Å². The number of Topliss-reactive ketones (excluding diaryl/α,β-unsaturated/α-hetero) is 1. The molecule has 3 aromatic rings. The van der Waals surface area contributed by atoms with Crippen molar-refractivity contribution >= 4 is 5.78 Å². The van der Waals surface area contributed by atoms with E-state index in [1.807, 2.05) is 55.5 Å². The molecule has 0 heterocycles. The van der Waals surface area contributed by atoms with Crippen LogP contribution >= 0.6 is 0 Å². The van der Waals surface area contributed by atoms with Crippen molar-refractivity contribution in [3.8, 4) is 0 Å². The lowest BCUT2D eigenvalue weighted by molar-refractivity contribution is -0.122. The summed E-state index contributed by atoms with van der Waals surface area (Å²) in [6, 6.07) is 28.6. The molecule has 0 amide bonds. The van der Waals surface area contributed by atoms with Gasteiger partial charge in [-0.3, -0.25) is 4.79 Å². The lowest BCUT2D eigenvalue weighted by Gasteiger charge is -2.30. The van der Waals surface area contributed by atoms with Gasteiger partial charge >= 0.3 is 0 Å². The molecule has 0 N–H and O–H groups in total. The fourth-order valence-corrected chi connectivity index (χ4v) is 3.95. The van der Waals surface area contributed by atoms with Crippen LogP contribution in [0.4, 0.5) is 0 Å². The van der Waals surface area contributed by atoms with Gasteiger partial charge in [-0.15, -0.1) is 0 Å². The third-order valence-electron chi connectivity index (χ3n) is 5.01. The lowest BCUT2D eigenvalue weighted by Crippen LogP contribution is -2.35. The predicted molar refractivity (Wildman–Crippen MR) is 92.6 cm³/mol. The van der Waals surface area contributed by atoms with Gasteiger partial charge in [-0.1, -0.05) is 91.9 Å². The van der Waals surface area contributed by atoms with E-state index in [0.29, 0.717) is 0 Å². The van der Waals surface area contributed by atoms with E-state index >= 15 is 0 Å². The molecule has 0 spiro atoms. The molecule has 0 saturated carbocycles. The van der Waals surface area contributed by atoms with Crippen LogP contribution in [0.15, 0.2) is 84.9 Å². The van der Waals surface area contributed by atoms with Crippen LogP contribution in [0.1, 0.15) is 35.1 Å². The Morgan fingerprint density at radius 1 is 0.696 bits per heavy atom. The second-order valence-corrected chi connectivity index (χ2v) is 6.16. The second kappa shape index (κ2) is 5.20. The molecule has 1 aliphatic carbocycles. The average Bonchev–Trinajstić information content (AvgIpc) is 2.86. The number of ketones is 1. The zero-order valence-corrected chi connectivity index (χ0v) is 13.1. The van der Waals surface area contributed by atoms with Crippen LogP contribution in [-0.4, -0.2) is 5.78 Å². The van der Waals surface area contributed by atoms with E-state index in [1.165, 1.54) is 0 Å². The van der Waals surface area contributed by atoms with Crippen LogP contribution in [0.5, 0.6) is 0 Å². The minimum absolute atomic E-state index is 0.0911. The highest BCUT2D eigenvalue weighted by atomic mass is 16.1. The summed E-state index contributed by atoms with van der Waals surface area (Å²) in [6.45, 7) is 2.02. The first-order chi connectivity index (χ1) is 11.3. The average molecular weight is 298 g/mol. The second-order valence-electron chi connectivity index (χ2n) is 6.16. The smallest absolute Gasteiger partial charge is 0.159 e. The first-order valence-electron chi connectivity index (χ1n) is 8.01. The van der Waals surface area contributed by atoms with Crippen LogP contribution in [0.2, 0.25) is 0 Å². The van der Waals surface area contributed by atoms with Gasteiger partial charge in [0.25, 0.3) is 0 Å². The third kappa shape index (κ3) is 1.83. The summed E-state index contributed by atoms with van der Waals surface area (Å²) in [4.78, 5) is 13.5. The monoisotopic (exact) mass is 298 g/mol. The van der Waals surface area contributed by atoms with Gasteiger partial charge in [0.2, 0.25) is 0 Å². The number of rotatable bonds is 2. The van der Waals surface area contributed by atoms with Gasteiger partial charge in [-0.25, -0.2) is 0 Å². The van der Waals surface area contributed by atoms with Crippen LogP contribution in [0.3, 0.4) is 0 Å². The highest BCUT2D eigenvalue weighted by Crippen LogP contribution is 2.50. The highest BCUT2D eigenvalue weighted by molar-refractivity contribution is 6.06. The van der Waals surface area contributed by atoms with Crippen LogP contribution in [0.25, 0.3) is 0 Å². The molecule has 1 nitrogen and oxygen atoms in total. The highest BCUT2D eigenvalue weighted by Gasteiger charge is 2.52. The summed E-state index contributed by atoms with van der Waals surface area (Å²) in [7, 11) is 0. The Bertz CT molecular complexity index is 810. The molecule has 112 valence electrons. The molecule has 3 aromatic carbocycles. The fraction of sp³-hybridized carbons (Fsp3) is 0.136. The Morgan fingerprint density at radius 2 is 1.17 bits per heavy atom. The number of carbonyl (C=O) groups is 1. The van der Waals surface area contributed by atoms with Gasteiger partial charge in [0.05, 0.1) is 0 Å². The maximum Gasteiger partial charge on any atom is 0.159 e. The number of hydrogen-bond acceptors (Lipinski definition) is 1. The number of hydrogen-bond donors (Lipinski definition) is 0. The van der Waals surface area contributed by atoms with Crippen LogP contribution < -0.4 is 0 Å². The van der Waals surface area contributed by atoms with E-state index in [4.69, 9.17) is 0 Å². The quantitative estimate of drug-likeness (QED) is 0.670. The predicted octanol–water partition coefficient (Wildman–Crippen LogP) is 4.71. The molecule has 0 fully saturated rings. The van der Waals surface area contributed by atoms with E-state index < -0.39 is 5.41 Å². The van der Waals surface area contributed by atoms with Crippen molar-refractivity contribution in [2.75, 3.05) is 0 Å². The standard InChI is InChI=1S/C22H18O/c1-16-19-14-8-9-15-20(19)22(21(16)23,17-10-4-2-5-11-17)18-12-6-3-7-13-18/h2-16H,1H3. The molecule has 0 aliphatic heterocycles. The van der Waals surface area contributed by atoms with E-state index in [-0.39, 0.29) is 11.7 Å². The Morgan fingerprint density at radius 3 is 1.74 bits per heavy atom. The van der Waals surface area contributed by atoms with Crippen molar-refractivity contribution < 1.29 is 4.79 Å². The Kier molecular flexibility index (Phi) is 3.16. The minimum Gasteiger partial charge on any atom is -0.297 e. The van der Waals surface area contributed by atoms with E-state index in [2.05, 4.69) is 36.4 Å². The molecule has 23 heavy (non-hydrogen) atoms. The molecule has 0 bridgehead atoms. The van der Waals surface area contributed by atoms with Crippen molar-refractivity contribution in [3.63, 3.8) is 0 Å². The number of carbonyl (C=O) groups excluding carboxylic acids is 1. The fourth-order valence-electron chi connectivity index (χ4n) is 3.95. The third-order valence-corrected chi connectivity index (χ3v) is 5.01. The van der Waals surface area contributed by atoms with Crippen LogP contribution in [-0.2, 0) is 10.2 Å². The van der Waals surface area contributed by atoms with Gasteiger partial charge < -0.3 is 0 Å². The molecule has 1 heteroatoms. The summed E-state index contributed by atoms with van der Waals surface area (Å²) in [5.74, 6) is 0.169. The lowest BCUT2D eigenvalue weighted by atomic mass is 9.69. The maximum atomic E-state index is 13.5. The van der Waals surface area contributed by atoms with Crippen molar-refractivity contribution in [1.29, 1.82) is 0 Å². The van der Waals surface area contributed by atoms with Crippen LogP contribution in [0, 0.1) is 0 Å². The molecule has 1 atom stereocenters. The molecule has 0 aromatic heterocycles. The molecule has 1 aliphatic rings. The maximum absolute atomic E-state index is 13.5. The summed E-state index contributed by atoms with van der Waals surface area (Å²) in [6.07, 6.45) is 0. The molecular formula is C22H18O. The van der Waals surface area contributed by atoms with Crippen molar-refractivity contribution in [2.24, 2.45) is 0 Å². The first kappa shape index (κ1) is 14.0. The SMILES string of the molecule is CC1C(=O)C(c2ccccc2)(c2ccccc2)c2ccccc21. The van der Waals surface area contributed by atoms with Crippen molar-refractivity contribution in [1.82, 2.24) is 0 Å². The van der Waals surface area contributed by atoms with Gasteiger partial charge in [0, 0.05) is 5.92 Å². The van der Waals surface area contributed by atoms with Crippen molar-refractivity contribution in [3.05, 3.63) is 107 Å². The Labute approximate surface area is 136 Å². The zero-order valence-electron chi connectivity index (χ0n) is 13.1. The molecule has 0 radical (unpaired) electrons. The summed E-state index contributed by atoms with van der Waals surface area (Å²) in [5.41, 5.74) is 3.67. The molecule has 1 unspecified atom stereocenters. The molecular weight excluding hydrogens is 280 g/mol. The van der Waals surface area contributed by atoms with Gasteiger partial charge in [0.1, 0.15) is 5.41 Å². The van der Waals surface area contributed by atoms with Gasteiger partial charge in [-0.05, 0) is 22.3 Å². The van der Waals surface area contributed by atoms with Crippen molar-refractivity contribution in [2.45, 2.75) is 18.3 Å². The summed E-state index contributed by atoms with van der Waals surface area (Å²) >= 11 is 0. The first-order valence-corrected chi connectivity index (χ1v) is 8.01. The molecule has 4 rings (SSSR count). The number of fused-ring (bicyclic) bond motifs is 1. The summed E-state index contributed by atoms with van der Waals surface area (Å²) < 4.78 is 0. The zero-order chi connectivity index (χ0) is 15.9. The Balaban J connectivity index is 2.12. The van der Waals surface area contributed by atoms with E-state index in [1.54, 1.807) is 0 Å². The normalized spacial score (nSPS) is 18.7. The summed E-state index contributed by atoms with van der Waals surface area (Å²) in [5, 5.41) is 0. The molecule has 0 saturated heterocycles.